The molecule has 1 rings (SSSR count). The summed E-state index contributed by atoms with van der Waals surface area (Å²) in [5, 5.41) is 11.9. The number of rotatable bonds is 8. The van der Waals surface area contributed by atoms with Gasteiger partial charge in [0.25, 0.3) is 0 Å². The van der Waals surface area contributed by atoms with Gasteiger partial charge in [-0.05, 0) is 37.9 Å². The summed E-state index contributed by atoms with van der Waals surface area (Å²) in [5.41, 5.74) is 1.17. The highest BCUT2D eigenvalue weighted by atomic mass is 16.5. The van der Waals surface area contributed by atoms with E-state index in [4.69, 9.17) is 9.84 Å². The molecule has 0 saturated carbocycles. The first-order valence-corrected chi connectivity index (χ1v) is 6.20. The minimum absolute atomic E-state index is 0.217. The van der Waals surface area contributed by atoms with Crippen LogP contribution in [0.3, 0.4) is 0 Å². The Balaban J connectivity index is 2.35. The third-order valence-corrected chi connectivity index (χ3v) is 2.78. The van der Waals surface area contributed by atoms with Gasteiger partial charge >= 0.3 is 5.97 Å². The van der Waals surface area contributed by atoms with E-state index in [2.05, 4.69) is 12.2 Å². The molecule has 0 radical (unpaired) electrons. The van der Waals surface area contributed by atoms with Gasteiger partial charge in [-0.25, -0.2) is 0 Å². The fraction of sp³-hybridized carbons (Fsp3) is 0.500. The van der Waals surface area contributed by atoms with Crippen molar-refractivity contribution in [2.45, 2.75) is 32.2 Å². The van der Waals surface area contributed by atoms with Crippen LogP contribution in [0.2, 0.25) is 0 Å². The van der Waals surface area contributed by atoms with Gasteiger partial charge in [0.05, 0.1) is 7.11 Å². The van der Waals surface area contributed by atoms with Crippen molar-refractivity contribution in [2.24, 2.45) is 0 Å². The Morgan fingerprint density at radius 2 is 2.17 bits per heavy atom. The van der Waals surface area contributed by atoms with Crippen LogP contribution in [0.25, 0.3) is 0 Å². The van der Waals surface area contributed by atoms with Gasteiger partial charge < -0.3 is 15.2 Å². The number of hydrogen-bond donors (Lipinski definition) is 2. The standard InChI is InChI=1S/C14H21NO3/c1-11(15-9-5-8-14(16)17)10-12-6-3-4-7-13(12)18-2/h3-4,6-7,11,15H,5,8-10H2,1-2H3,(H,16,17). The second kappa shape index (κ2) is 7.71. The molecule has 0 spiro atoms. The summed E-state index contributed by atoms with van der Waals surface area (Å²) >= 11 is 0. The Morgan fingerprint density at radius 1 is 1.44 bits per heavy atom. The first-order chi connectivity index (χ1) is 8.63. The number of aliphatic carboxylic acids is 1. The first-order valence-electron chi connectivity index (χ1n) is 6.20. The first kappa shape index (κ1) is 14.5. The van der Waals surface area contributed by atoms with E-state index < -0.39 is 5.97 Å². The highest BCUT2D eigenvalue weighted by molar-refractivity contribution is 5.66. The minimum Gasteiger partial charge on any atom is -0.496 e. The van der Waals surface area contributed by atoms with Gasteiger partial charge in [-0.3, -0.25) is 4.79 Å². The van der Waals surface area contributed by atoms with E-state index in [0.29, 0.717) is 12.5 Å². The van der Waals surface area contributed by atoms with Crippen molar-refractivity contribution in [2.75, 3.05) is 13.7 Å². The van der Waals surface area contributed by atoms with E-state index in [9.17, 15) is 4.79 Å². The number of para-hydroxylation sites is 1. The van der Waals surface area contributed by atoms with E-state index in [-0.39, 0.29) is 6.42 Å². The van der Waals surface area contributed by atoms with Crippen molar-refractivity contribution in [3.8, 4) is 5.75 Å². The third-order valence-electron chi connectivity index (χ3n) is 2.78. The van der Waals surface area contributed by atoms with Crippen LogP contribution in [-0.4, -0.2) is 30.8 Å². The number of hydrogen-bond acceptors (Lipinski definition) is 3. The normalized spacial score (nSPS) is 12.1. The van der Waals surface area contributed by atoms with Crippen LogP contribution in [0, 0.1) is 0 Å². The number of benzene rings is 1. The average molecular weight is 251 g/mol. The molecule has 0 bridgehead atoms. The van der Waals surface area contributed by atoms with Crippen LogP contribution in [0.1, 0.15) is 25.3 Å². The van der Waals surface area contributed by atoms with Gasteiger partial charge in [-0.1, -0.05) is 18.2 Å². The number of carboxylic acids is 1. The molecule has 0 heterocycles. The van der Waals surface area contributed by atoms with Crippen molar-refractivity contribution in [1.29, 1.82) is 0 Å². The van der Waals surface area contributed by atoms with Gasteiger partial charge in [-0.15, -0.1) is 0 Å². The predicted molar refractivity (Wildman–Crippen MR) is 71.0 cm³/mol. The molecule has 1 aromatic carbocycles. The SMILES string of the molecule is COc1ccccc1CC(C)NCCCC(=O)O. The Kier molecular flexibility index (Phi) is 6.22. The van der Waals surface area contributed by atoms with Crippen LogP contribution >= 0.6 is 0 Å². The van der Waals surface area contributed by atoms with E-state index in [0.717, 1.165) is 18.7 Å². The van der Waals surface area contributed by atoms with E-state index in [1.165, 1.54) is 5.56 Å². The quantitative estimate of drug-likeness (QED) is 0.694. The van der Waals surface area contributed by atoms with Crippen LogP contribution in [-0.2, 0) is 11.2 Å². The van der Waals surface area contributed by atoms with E-state index in [1.807, 2.05) is 24.3 Å². The largest absolute Gasteiger partial charge is 0.496 e. The molecule has 2 N–H and O–H groups in total. The van der Waals surface area contributed by atoms with Crippen LogP contribution in [0.4, 0.5) is 0 Å². The fourth-order valence-corrected chi connectivity index (χ4v) is 1.86. The lowest BCUT2D eigenvalue weighted by atomic mass is 10.1. The molecule has 0 aliphatic heterocycles. The molecule has 100 valence electrons. The maximum Gasteiger partial charge on any atom is 0.303 e. The highest BCUT2D eigenvalue weighted by Gasteiger charge is 2.07. The van der Waals surface area contributed by atoms with Gasteiger partial charge in [0.1, 0.15) is 5.75 Å². The molecule has 18 heavy (non-hydrogen) atoms. The highest BCUT2D eigenvalue weighted by Crippen LogP contribution is 2.18. The Hall–Kier alpha value is -1.55. The number of ether oxygens (including phenoxy) is 1. The third kappa shape index (κ3) is 5.19. The molecule has 1 atom stereocenters. The molecule has 1 unspecified atom stereocenters. The summed E-state index contributed by atoms with van der Waals surface area (Å²) in [6.07, 6.45) is 1.75. The molecule has 4 heteroatoms. The Labute approximate surface area is 108 Å². The number of carbonyl (C=O) groups is 1. The lowest BCUT2D eigenvalue weighted by molar-refractivity contribution is -0.137. The maximum absolute atomic E-state index is 10.4. The van der Waals surface area contributed by atoms with Crippen LogP contribution in [0.15, 0.2) is 24.3 Å². The van der Waals surface area contributed by atoms with Crippen molar-refractivity contribution >= 4 is 5.97 Å². The molecule has 0 aliphatic carbocycles. The number of nitrogens with one attached hydrogen (secondary N) is 1. The molecule has 1 aromatic rings. The van der Waals surface area contributed by atoms with Gasteiger partial charge in [-0.2, -0.15) is 0 Å². The molecule has 0 aromatic heterocycles. The maximum atomic E-state index is 10.4. The lowest BCUT2D eigenvalue weighted by Gasteiger charge is -2.15. The molecule has 0 fully saturated rings. The van der Waals surface area contributed by atoms with Gasteiger partial charge in [0, 0.05) is 12.5 Å². The molecule has 0 aliphatic rings. The van der Waals surface area contributed by atoms with Crippen molar-refractivity contribution in [3.63, 3.8) is 0 Å². The zero-order chi connectivity index (χ0) is 13.4. The summed E-state index contributed by atoms with van der Waals surface area (Å²) in [7, 11) is 1.67. The molecular weight excluding hydrogens is 230 g/mol. The number of methoxy groups -OCH3 is 1. The molecule has 4 nitrogen and oxygen atoms in total. The molecule has 0 saturated heterocycles. The molecule has 0 amide bonds. The Bertz CT molecular complexity index is 379. The zero-order valence-electron chi connectivity index (χ0n) is 11.0. The minimum atomic E-state index is -0.741. The van der Waals surface area contributed by atoms with Crippen molar-refractivity contribution in [1.82, 2.24) is 5.32 Å². The Morgan fingerprint density at radius 3 is 2.83 bits per heavy atom. The summed E-state index contributed by atoms with van der Waals surface area (Å²) in [6, 6.07) is 8.25. The smallest absolute Gasteiger partial charge is 0.303 e. The summed E-state index contributed by atoms with van der Waals surface area (Å²) in [6.45, 7) is 2.82. The summed E-state index contributed by atoms with van der Waals surface area (Å²) < 4.78 is 5.30. The topological polar surface area (TPSA) is 58.6 Å². The van der Waals surface area contributed by atoms with E-state index >= 15 is 0 Å². The van der Waals surface area contributed by atoms with Crippen molar-refractivity contribution in [3.05, 3.63) is 29.8 Å². The van der Waals surface area contributed by atoms with Gasteiger partial charge in [0.15, 0.2) is 0 Å². The van der Waals surface area contributed by atoms with E-state index in [1.54, 1.807) is 7.11 Å². The van der Waals surface area contributed by atoms with Crippen LogP contribution in [0.5, 0.6) is 5.75 Å². The second-order valence-electron chi connectivity index (χ2n) is 4.37. The fourth-order valence-electron chi connectivity index (χ4n) is 1.86. The van der Waals surface area contributed by atoms with Crippen LogP contribution < -0.4 is 10.1 Å². The number of carboxylic acid groups (broad SMARTS) is 1. The summed E-state index contributed by atoms with van der Waals surface area (Å²) in [4.78, 5) is 10.4. The van der Waals surface area contributed by atoms with Gasteiger partial charge in [0.2, 0.25) is 0 Å². The second-order valence-corrected chi connectivity index (χ2v) is 4.37. The average Bonchev–Trinajstić information content (AvgIpc) is 2.35. The molecular formula is C14H21NO3. The van der Waals surface area contributed by atoms with Crippen molar-refractivity contribution < 1.29 is 14.6 Å². The zero-order valence-corrected chi connectivity index (χ0v) is 11.0. The lowest BCUT2D eigenvalue weighted by Crippen LogP contribution is -2.29. The monoisotopic (exact) mass is 251 g/mol. The predicted octanol–water partition coefficient (Wildman–Crippen LogP) is 2.08. The summed E-state index contributed by atoms with van der Waals surface area (Å²) in [5.74, 6) is 0.158.